The molecule has 4 rings (SSSR count). The van der Waals surface area contributed by atoms with E-state index in [1.165, 1.54) is 4.90 Å². The third-order valence-electron chi connectivity index (χ3n) is 6.01. The molecule has 0 spiro atoms. The van der Waals surface area contributed by atoms with Crippen molar-refractivity contribution in [3.63, 3.8) is 0 Å². The lowest BCUT2D eigenvalue weighted by molar-refractivity contribution is -0.120. The Balaban J connectivity index is 1.87. The molecule has 6 nitrogen and oxygen atoms in total. The molecule has 0 N–H and O–H groups in total. The van der Waals surface area contributed by atoms with E-state index in [1.807, 2.05) is 38.1 Å². The second-order valence-electron chi connectivity index (χ2n) is 8.08. The number of likely N-dealkylation sites (tertiary alicyclic amines) is 1. The number of methoxy groups -OCH3 is 2. The summed E-state index contributed by atoms with van der Waals surface area (Å²) in [7, 11) is 3.13. The molecule has 31 heavy (non-hydrogen) atoms. The van der Waals surface area contributed by atoms with E-state index in [0.717, 1.165) is 43.5 Å². The predicted octanol–water partition coefficient (Wildman–Crippen LogP) is 4.09. The summed E-state index contributed by atoms with van der Waals surface area (Å²) in [6.07, 6.45) is 3.15. The fourth-order valence-electron chi connectivity index (χ4n) is 4.36. The molecule has 0 atom stereocenters. The zero-order chi connectivity index (χ0) is 22.1. The van der Waals surface area contributed by atoms with Crippen molar-refractivity contribution in [3.05, 3.63) is 58.8 Å². The topological polar surface area (TPSA) is 59.1 Å². The van der Waals surface area contributed by atoms with Gasteiger partial charge in [-0.05, 0) is 68.0 Å². The quantitative estimate of drug-likeness (QED) is 0.682. The van der Waals surface area contributed by atoms with Gasteiger partial charge in [0.15, 0.2) is 11.5 Å². The first-order chi connectivity index (χ1) is 15.0. The Hall–Kier alpha value is -3.28. The maximum Gasteiger partial charge on any atom is 0.282 e. The van der Waals surface area contributed by atoms with Crippen LogP contribution in [-0.2, 0) is 9.59 Å². The summed E-state index contributed by atoms with van der Waals surface area (Å²) in [5.41, 5.74) is 4.09. The molecular weight excluding hydrogens is 392 g/mol. The van der Waals surface area contributed by atoms with E-state index in [9.17, 15) is 9.59 Å². The van der Waals surface area contributed by atoms with Gasteiger partial charge in [-0.1, -0.05) is 18.2 Å². The fraction of sp³-hybridized carbons (Fsp3) is 0.360. The van der Waals surface area contributed by atoms with Gasteiger partial charge in [-0.2, -0.15) is 0 Å². The van der Waals surface area contributed by atoms with Crippen molar-refractivity contribution in [3.8, 4) is 11.5 Å². The zero-order valence-corrected chi connectivity index (χ0v) is 18.5. The van der Waals surface area contributed by atoms with Crippen molar-refractivity contribution in [2.75, 3.05) is 32.2 Å². The van der Waals surface area contributed by atoms with Gasteiger partial charge in [0.1, 0.15) is 5.70 Å². The number of nitrogens with zero attached hydrogens (tertiary/aromatic N) is 2. The van der Waals surface area contributed by atoms with E-state index in [0.29, 0.717) is 34.0 Å². The lowest BCUT2D eigenvalue weighted by Crippen LogP contribution is -2.37. The van der Waals surface area contributed by atoms with Gasteiger partial charge in [0.2, 0.25) is 0 Å². The summed E-state index contributed by atoms with van der Waals surface area (Å²) < 4.78 is 10.8. The Labute approximate surface area is 183 Å². The lowest BCUT2D eigenvalue weighted by atomic mass is 10.0. The van der Waals surface area contributed by atoms with Crippen molar-refractivity contribution in [2.45, 2.75) is 33.1 Å². The molecule has 1 saturated heterocycles. The fourth-order valence-corrected chi connectivity index (χ4v) is 4.36. The van der Waals surface area contributed by atoms with Crippen LogP contribution < -0.4 is 14.4 Å². The molecule has 0 bridgehead atoms. The highest BCUT2D eigenvalue weighted by Crippen LogP contribution is 2.39. The number of amides is 2. The highest BCUT2D eigenvalue weighted by molar-refractivity contribution is 6.45. The SMILES string of the molecule is COc1ccc(C2=C(N3CCCCC3)C(=O)N(c3cc(C)ccc3C)C2=O)cc1OC. The number of carbonyl (C=O) groups is 2. The van der Waals surface area contributed by atoms with Gasteiger partial charge in [-0.25, -0.2) is 4.90 Å². The van der Waals surface area contributed by atoms with E-state index < -0.39 is 0 Å². The first kappa shape index (κ1) is 21.0. The summed E-state index contributed by atoms with van der Waals surface area (Å²) in [6, 6.07) is 11.2. The molecule has 2 heterocycles. The van der Waals surface area contributed by atoms with E-state index >= 15 is 0 Å². The van der Waals surface area contributed by atoms with Crippen molar-refractivity contribution in [2.24, 2.45) is 0 Å². The zero-order valence-electron chi connectivity index (χ0n) is 18.5. The summed E-state index contributed by atoms with van der Waals surface area (Å²) in [6.45, 7) is 5.42. The van der Waals surface area contributed by atoms with Gasteiger partial charge < -0.3 is 14.4 Å². The van der Waals surface area contributed by atoms with Crippen LogP contribution >= 0.6 is 0 Å². The van der Waals surface area contributed by atoms with Crippen LogP contribution in [-0.4, -0.2) is 44.0 Å². The van der Waals surface area contributed by atoms with E-state index in [-0.39, 0.29) is 11.8 Å². The molecule has 162 valence electrons. The number of benzene rings is 2. The largest absolute Gasteiger partial charge is 0.493 e. The Kier molecular flexibility index (Phi) is 5.72. The maximum atomic E-state index is 13.7. The molecule has 2 aliphatic rings. The molecule has 2 aliphatic heterocycles. The molecule has 0 unspecified atom stereocenters. The average molecular weight is 421 g/mol. The normalized spacial score (nSPS) is 16.9. The molecular formula is C25H28N2O4. The number of hydrogen-bond acceptors (Lipinski definition) is 5. The first-order valence-corrected chi connectivity index (χ1v) is 10.6. The number of anilines is 1. The molecule has 2 aromatic carbocycles. The number of hydrogen-bond donors (Lipinski definition) is 0. The van der Waals surface area contributed by atoms with Crippen molar-refractivity contribution in [1.82, 2.24) is 4.90 Å². The Morgan fingerprint density at radius 3 is 2.19 bits per heavy atom. The Bertz CT molecular complexity index is 1070. The van der Waals surface area contributed by atoms with Crippen molar-refractivity contribution >= 4 is 23.1 Å². The van der Waals surface area contributed by atoms with E-state index in [2.05, 4.69) is 4.90 Å². The number of piperidine rings is 1. The van der Waals surface area contributed by atoms with Gasteiger partial charge in [-0.3, -0.25) is 9.59 Å². The number of ether oxygens (including phenoxy) is 2. The molecule has 2 amide bonds. The van der Waals surface area contributed by atoms with E-state index in [1.54, 1.807) is 26.4 Å². The molecule has 0 aromatic heterocycles. The van der Waals surface area contributed by atoms with Crippen molar-refractivity contribution < 1.29 is 19.1 Å². The number of imide groups is 1. The predicted molar refractivity (Wildman–Crippen MR) is 120 cm³/mol. The summed E-state index contributed by atoms with van der Waals surface area (Å²) in [4.78, 5) is 30.8. The minimum atomic E-state index is -0.300. The summed E-state index contributed by atoms with van der Waals surface area (Å²) >= 11 is 0. The summed E-state index contributed by atoms with van der Waals surface area (Å²) in [5.74, 6) is 0.544. The standard InChI is InChI=1S/C25H28N2O4/c1-16-8-9-17(2)19(14-16)27-24(28)22(18-10-11-20(30-3)21(15-18)31-4)23(25(27)29)26-12-6-5-7-13-26/h8-11,14-15H,5-7,12-13H2,1-4H3. The third-order valence-corrected chi connectivity index (χ3v) is 6.01. The monoisotopic (exact) mass is 420 g/mol. The number of aryl methyl sites for hydroxylation is 2. The minimum Gasteiger partial charge on any atom is -0.493 e. The van der Waals surface area contributed by atoms with Crippen LogP contribution in [0.3, 0.4) is 0 Å². The van der Waals surface area contributed by atoms with Crippen LogP contribution in [0.5, 0.6) is 11.5 Å². The van der Waals surface area contributed by atoms with E-state index in [4.69, 9.17) is 9.47 Å². The lowest BCUT2D eigenvalue weighted by Gasteiger charge is -2.29. The molecule has 6 heteroatoms. The Morgan fingerprint density at radius 1 is 0.806 bits per heavy atom. The molecule has 2 aromatic rings. The average Bonchev–Trinajstić information content (AvgIpc) is 3.05. The first-order valence-electron chi connectivity index (χ1n) is 10.6. The van der Waals surface area contributed by atoms with Gasteiger partial charge >= 0.3 is 0 Å². The van der Waals surface area contributed by atoms with Gasteiger partial charge in [-0.15, -0.1) is 0 Å². The second-order valence-corrected chi connectivity index (χ2v) is 8.08. The van der Waals surface area contributed by atoms with Gasteiger partial charge in [0, 0.05) is 13.1 Å². The Morgan fingerprint density at radius 2 is 1.52 bits per heavy atom. The second kappa shape index (κ2) is 8.46. The minimum absolute atomic E-state index is 0.259. The van der Waals surface area contributed by atoms with Crippen LogP contribution in [0.4, 0.5) is 5.69 Å². The molecule has 1 fully saturated rings. The number of rotatable bonds is 5. The van der Waals surface area contributed by atoms with Gasteiger partial charge in [0.05, 0.1) is 25.5 Å². The maximum absolute atomic E-state index is 13.7. The van der Waals surface area contributed by atoms with Gasteiger partial charge in [0.25, 0.3) is 11.8 Å². The smallest absolute Gasteiger partial charge is 0.282 e. The van der Waals surface area contributed by atoms with Crippen LogP contribution in [0.15, 0.2) is 42.1 Å². The van der Waals surface area contributed by atoms with Crippen LogP contribution in [0.1, 0.15) is 36.0 Å². The van der Waals surface area contributed by atoms with Crippen LogP contribution in [0.25, 0.3) is 5.57 Å². The summed E-state index contributed by atoms with van der Waals surface area (Å²) in [5, 5.41) is 0. The molecule has 0 aliphatic carbocycles. The third kappa shape index (κ3) is 3.67. The van der Waals surface area contributed by atoms with Crippen molar-refractivity contribution in [1.29, 1.82) is 0 Å². The molecule has 0 radical (unpaired) electrons. The van der Waals surface area contributed by atoms with Crippen LogP contribution in [0, 0.1) is 13.8 Å². The number of carbonyl (C=O) groups excluding carboxylic acids is 2. The molecule has 0 saturated carbocycles. The highest BCUT2D eigenvalue weighted by Gasteiger charge is 2.43. The highest BCUT2D eigenvalue weighted by atomic mass is 16.5. The van der Waals surface area contributed by atoms with Crippen LogP contribution in [0.2, 0.25) is 0 Å².